The van der Waals surface area contributed by atoms with E-state index in [4.69, 9.17) is 9.84 Å². The summed E-state index contributed by atoms with van der Waals surface area (Å²) in [6.07, 6.45) is 0.479. The molecule has 0 atom stereocenters. The van der Waals surface area contributed by atoms with Crippen LogP contribution in [0, 0.1) is 6.92 Å². The molecule has 122 valence electrons. The summed E-state index contributed by atoms with van der Waals surface area (Å²) in [4.78, 5) is 12.9. The van der Waals surface area contributed by atoms with Crippen LogP contribution in [0.15, 0.2) is 54.8 Å². The molecule has 0 radical (unpaired) electrons. The van der Waals surface area contributed by atoms with Gasteiger partial charge in [-0.3, -0.25) is 0 Å². The number of carbonyl (C=O) groups is 1. The third kappa shape index (κ3) is 3.27. The molecule has 1 aromatic heterocycles. The fraction of sp³-hybridized carbons (Fsp3) is 0.167. The minimum atomic E-state index is -0.813. The second kappa shape index (κ2) is 6.54. The van der Waals surface area contributed by atoms with Crippen molar-refractivity contribution in [1.29, 1.82) is 0 Å². The minimum absolute atomic E-state index is 0.134. The lowest BCUT2D eigenvalue weighted by Crippen LogP contribution is -2.11. The molecule has 24 heavy (non-hydrogen) atoms. The van der Waals surface area contributed by atoms with Gasteiger partial charge in [0, 0.05) is 6.42 Å². The topological polar surface area (TPSA) is 77.2 Å². The average Bonchev–Trinajstić information content (AvgIpc) is 2.99. The Labute approximate surface area is 139 Å². The number of hydrogen-bond donors (Lipinski definition) is 1. The maximum absolute atomic E-state index is 11.3. The summed E-state index contributed by atoms with van der Waals surface area (Å²) in [6.45, 7) is 5.27. The second-order valence-electron chi connectivity index (χ2n) is 5.44. The van der Waals surface area contributed by atoms with Crippen LogP contribution in [0.2, 0.25) is 0 Å². The zero-order valence-electron chi connectivity index (χ0n) is 13.3. The second-order valence-corrected chi connectivity index (χ2v) is 5.44. The summed E-state index contributed by atoms with van der Waals surface area (Å²) in [5, 5.41) is 18.0. The van der Waals surface area contributed by atoms with Crippen molar-refractivity contribution >= 4 is 17.0 Å². The van der Waals surface area contributed by atoms with E-state index in [0.717, 1.165) is 27.8 Å². The van der Waals surface area contributed by atoms with Crippen LogP contribution in [-0.2, 0) is 16.0 Å². The van der Waals surface area contributed by atoms with Gasteiger partial charge in [-0.25, -0.2) is 4.79 Å². The quantitative estimate of drug-likeness (QED) is 0.444. The van der Waals surface area contributed by atoms with Crippen molar-refractivity contribution in [2.24, 2.45) is 0 Å². The molecule has 1 heterocycles. The minimum Gasteiger partial charge on any atom is -0.502 e. The molecular formula is C18H17N3O3. The molecule has 0 saturated heterocycles. The normalized spacial score (nSPS) is 10.7. The standard InChI is InChI=1S/C18H17N3O3/c1-12-7-8-14(9-10-24-18(23)13(2)22)17(11-12)21-19-15-5-3-4-6-16(15)20-21/h3-8,11,22H,2,9-10H2,1H3. The Hall–Kier alpha value is -3.15. The van der Waals surface area contributed by atoms with Crippen LogP contribution in [0.3, 0.4) is 0 Å². The smallest absolute Gasteiger partial charge is 0.372 e. The monoisotopic (exact) mass is 323 g/mol. The highest BCUT2D eigenvalue weighted by Crippen LogP contribution is 2.18. The van der Waals surface area contributed by atoms with Gasteiger partial charge in [0.1, 0.15) is 11.0 Å². The summed E-state index contributed by atoms with van der Waals surface area (Å²) in [5.74, 6) is -1.41. The van der Waals surface area contributed by atoms with Crippen molar-refractivity contribution < 1.29 is 14.6 Å². The van der Waals surface area contributed by atoms with Gasteiger partial charge >= 0.3 is 5.97 Å². The molecule has 0 unspecified atom stereocenters. The number of benzene rings is 2. The summed E-state index contributed by atoms with van der Waals surface area (Å²) in [6, 6.07) is 13.6. The molecule has 0 aliphatic carbocycles. The summed E-state index contributed by atoms with van der Waals surface area (Å²) >= 11 is 0. The van der Waals surface area contributed by atoms with Gasteiger partial charge in [0.2, 0.25) is 0 Å². The molecule has 6 heteroatoms. The molecule has 1 N–H and O–H groups in total. The average molecular weight is 323 g/mol. The maximum Gasteiger partial charge on any atom is 0.372 e. The van der Waals surface area contributed by atoms with E-state index in [9.17, 15) is 4.79 Å². The van der Waals surface area contributed by atoms with Crippen molar-refractivity contribution in [3.63, 3.8) is 0 Å². The van der Waals surface area contributed by atoms with E-state index in [0.29, 0.717) is 6.42 Å². The lowest BCUT2D eigenvalue weighted by Gasteiger charge is -2.10. The maximum atomic E-state index is 11.3. The van der Waals surface area contributed by atoms with Gasteiger partial charge in [0.05, 0.1) is 12.3 Å². The van der Waals surface area contributed by atoms with E-state index in [1.54, 1.807) is 4.80 Å². The van der Waals surface area contributed by atoms with Gasteiger partial charge in [-0.05, 0) is 42.8 Å². The molecule has 0 bridgehead atoms. The molecule has 0 saturated carbocycles. The van der Waals surface area contributed by atoms with Crippen LogP contribution in [0.25, 0.3) is 16.7 Å². The Morgan fingerprint density at radius 2 is 1.88 bits per heavy atom. The first-order valence-electron chi connectivity index (χ1n) is 7.51. The molecule has 0 fully saturated rings. The van der Waals surface area contributed by atoms with E-state index >= 15 is 0 Å². The van der Waals surface area contributed by atoms with Gasteiger partial charge in [-0.2, -0.15) is 4.80 Å². The number of esters is 1. The van der Waals surface area contributed by atoms with Gasteiger partial charge in [0.15, 0.2) is 5.76 Å². The van der Waals surface area contributed by atoms with Crippen LogP contribution in [0.1, 0.15) is 11.1 Å². The van der Waals surface area contributed by atoms with Gasteiger partial charge in [-0.1, -0.05) is 24.3 Å². The van der Waals surface area contributed by atoms with Crippen LogP contribution in [0.4, 0.5) is 0 Å². The Kier molecular flexibility index (Phi) is 4.29. The van der Waals surface area contributed by atoms with Crippen molar-refractivity contribution in [2.75, 3.05) is 6.61 Å². The van der Waals surface area contributed by atoms with Gasteiger partial charge in [-0.15, -0.1) is 10.2 Å². The molecule has 3 rings (SSSR count). The molecule has 3 aromatic rings. The van der Waals surface area contributed by atoms with E-state index in [2.05, 4.69) is 16.8 Å². The highest BCUT2D eigenvalue weighted by molar-refractivity contribution is 5.84. The number of aliphatic hydroxyl groups excluding tert-OH is 1. The number of fused-ring (bicyclic) bond motifs is 1. The number of carbonyl (C=O) groups excluding carboxylic acids is 1. The van der Waals surface area contributed by atoms with Crippen LogP contribution in [-0.4, -0.2) is 32.7 Å². The molecule has 0 aliphatic heterocycles. The van der Waals surface area contributed by atoms with Crippen molar-refractivity contribution in [2.45, 2.75) is 13.3 Å². The highest BCUT2D eigenvalue weighted by atomic mass is 16.5. The number of nitrogens with zero attached hydrogens (tertiary/aromatic N) is 3. The lowest BCUT2D eigenvalue weighted by atomic mass is 10.1. The van der Waals surface area contributed by atoms with Crippen molar-refractivity contribution in [1.82, 2.24) is 15.0 Å². The van der Waals surface area contributed by atoms with E-state index in [1.165, 1.54) is 0 Å². The summed E-state index contributed by atoms with van der Waals surface area (Å²) in [7, 11) is 0. The summed E-state index contributed by atoms with van der Waals surface area (Å²) in [5.41, 5.74) is 4.49. The third-order valence-electron chi connectivity index (χ3n) is 3.58. The van der Waals surface area contributed by atoms with Crippen molar-refractivity contribution in [3.8, 4) is 5.69 Å². The predicted octanol–water partition coefficient (Wildman–Crippen LogP) is 2.89. The molecule has 0 spiro atoms. The third-order valence-corrected chi connectivity index (χ3v) is 3.58. The lowest BCUT2D eigenvalue weighted by molar-refractivity contribution is -0.141. The van der Waals surface area contributed by atoms with Crippen LogP contribution < -0.4 is 0 Å². The fourth-order valence-corrected chi connectivity index (χ4v) is 2.38. The Balaban J connectivity index is 1.88. The molecule has 0 aliphatic rings. The fourth-order valence-electron chi connectivity index (χ4n) is 2.38. The zero-order valence-corrected chi connectivity index (χ0v) is 13.3. The highest BCUT2D eigenvalue weighted by Gasteiger charge is 2.11. The molecular weight excluding hydrogens is 306 g/mol. The van der Waals surface area contributed by atoms with Crippen LogP contribution >= 0.6 is 0 Å². The first-order valence-corrected chi connectivity index (χ1v) is 7.51. The number of aryl methyl sites for hydroxylation is 1. The number of rotatable bonds is 5. The molecule has 0 amide bonds. The van der Waals surface area contributed by atoms with E-state index in [1.807, 2.05) is 49.4 Å². The van der Waals surface area contributed by atoms with Gasteiger partial charge < -0.3 is 9.84 Å². The SMILES string of the molecule is C=C(O)C(=O)OCCc1ccc(C)cc1-n1nc2ccccc2n1. The van der Waals surface area contributed by atoms with E-state index < -0.39 is 11.7 Å². The number of ether oxygens (including phenoxy) is 1. The predicted molar refractivity (Wildman–Crippen MR) is 90.0 cm³/mol. The summed E-state index contributed by atoms with van der Waals surface area (Å²) < 4.78 is 4.95. The largest absolute Gasteiger partial charge is 0.502 e. The van der Waals surface area contributed by atoms with Crippen molar-refractivity contribution in [3.05, 3.63) is 65.9 Å². The Morgan fingerprint density at radius 3 is 2.50 bits per heavy atom. The first kappa shape index (κ1) is 15.7. The van der Waals surface area contributed by atoms with E-state index in [-0.39, 0.29) is 6.61 Å². The molecule has 2 aromatic carbocycles. The zero-order chi connectivity index (χ0) is 17.1. The first-order chi connectivity index (χ1) is 11.5. The van der Waals surface area contributed by atoms with Gasteiger partial charge in [0.25, 0.3) is 0 Å². The Bertz CT molecular complexity index is 882. The number of hydrogen-bond acceptors (Lipinski definition) is 5. The number of aromatic nitrogens is 3. The Morgan fingerprint density at radius 1 is 1.21 bits per heavy atom. The molecule has 6 nitrogen and oxygen atoms in total. The number of aliphatic hydroxyl groups is 1. The van der Waals surface area contributed by atoms with Crippen LogP contribution in [0.5, 0.6) is 0 Å².